The van der Waals surface area contributed by atoms with E-state index in [-0.39, 0.29) is 5.54 Å². The minimum atomic E-state index is 0.193. The van der Waals surface area contributed by atoms with E-state index >= 15 is 0 Å². The maximum Gasteiger partial charge on any atom is 0.0300 e. The Labute approximate surface area is 107 Å². The van der Waals surface area contributed by atoms with Gasteiger partial charge in [0.05, 0.1) is 0 Å². The van der Waals surface area contributed by atoms with Gasteiger partial charge in [0.15, 0.2) is 0 Å². The van der Waals surface area contributed by atoms with Crippen LogP contribution in [0.5, 0.6) is 0 Å². The van der Waals surface area contributed by atoms with Crippen LogP contribution < -0.4 is 5.73 Å². The molecule has 1 heterocycles. The van der Waals surface area contributed by atoms with Crippen molar-refractivity contribution in [1.29, 1.82) is 0 Å². The second kappa shape index (κ2) is 6.72. The van der Waals surface area contributed by atoms with E-state index in [1.807, 2.05) is 0 Å². The van der Waals surface area contributed by atoms with Crippen LogP contribution in [0.1, 0.15) is 39.5 Å². The molecule has 0 aromatic heterocycles. The summed E-state index contributed by atoms with van der Waals surface area (Å²) in [6.45, 7) is 9.05. The Kier molecular flexibility index (Phi) is 5.90. The third-order valence-corrected chi connectivity index (χ3v) is 4.52. The highest BCUT2D eigenvalue weighted by Crippen LogP contribution is 2.23. The van der Waals surface area contributed by atoms with Crippen LogP contribution >= 0.6 is 0 Å². The fraction of sp³-hybridized carbons (Fsp3) is 1.00. The van der Waals surface area contributed by atoms with Crippen molar-refractivity contribution < 1.29 is 0 Å². The molecule has 1 atom stereocenters. The van der Waals surface area contributed by atoms with E-state index in [4.69, 9.17) is 5.73 Å². The molecule has 0 aromatic rings. The van der Waals surface area contributed by atoms with E-state index in [1.54, 1.807) is 0 Å². The third-order valence-electron chi connectivity index (χ3n) is 4.52. The molecule has 3 nitrogen and oxygen atoms in total. The van der Waals surface area contributed by atoms with E-state index in [1.165, 1.54) is 45.3 Å². The fourth-order valence-electron chi connectivity index (χ4n) is 2.84. The van der Waals surface area contributed by atoms with Crippen LogP contribution in [0.15, 0.2) is 0 Å². The van der Waals surface area contributed by atoms with Gasteiger partial charge in [0.1, 0.15) is 0 Å². The minimum absolute atomic E-state index is 0.193. The summed E-state index contributed by atoms with van der Waals surface area (Å²) >= 11 is 0. The SMILES string of the molecule is CCCC(C)(CN)N(C)CC1CCN(C)CC1. The number of piperidine rings is 1. The summed E-state index contributed by atoms with van der Waals surface area (Å²) in [6, 6.07) is 0. The topological polar surface area (TPSA) is 32.5 Å². The molecule has 17 heavy (non-hydrogen) atoms. The van der Waals surface area contributed by atoms with Gasteiger partial charge in [0.2, 0.25) is 0 Å². The van der Waals surface area contributed by atoms with Gasteiger partial charge < -0.3 is 10.6 Å². The zero-order valence-corrected chi connectivity index (χ0v) is 12.2. The Hall–Kier alpha value is -0.120. The number of nitrogens with two attached hydrogens (primary N) is 1. The molecule has 2 N–H and O–H groups in total. The van der Waals surface area contributed by atoms with Gasteiger partial charge in [-0.1, -0.05) is 13.3 Å². The predicted molar refractivity (Wildman–Crippen MR) is 75.2 cm³/mol. The lowest BCUT2D eigenvalue weighted by Crippen LogP contribution is -2.51. The molecule has 1 aliphatic rings. The van der Waals surface area contributed by atoms with Crippen LogP contribution in [-0.4, -0.2) is 55.6 Å². The Morgan fingerprint density at radius 1 is 1.35 bits per heavy atom. The maximum atomic E-state index is 5.97. The zero-order valence-electron chi connectivity index (χ0n) is 12.2. The van der Waals surface area contributed by atoms with Crippen molar-refractivity contribution in [1.82, 2.24) is 9.80 Å². The monoisotopic (exact) mass is 241 g/mol. The molecule has 1 fully saturated rings. The molecule has 0 saturated carbocycles. The minimum Gasteiger partial charge on any atom is -0.329 e. The van der Waals surface area contributed by atoms with Crippen molar-refractivity contribution in [3.8, 4) is 0 Å². The van der Waals surface area contributed by atoms with Gasteiger partial charge in [0, 0.05) is 18.6 Å². The molecule has 0 aromatic carbocycles. The Morgan fingerprint density at radius 3 is 2.41 bits per heavy atom. The van der Waals surface area contributed by atoms with Crippen molar-refractivity contribution in [2.75, 3.05) is 40.3 Å². The first-order chi connectivity index (χ1) is 8.01. The molecule has 3 heteroatoms. The summed E-state index contributed by atoms with van der Waals surface area (Å²) in [6.07, 6.45) is 5.10. The second-order valence-corrected chi connectivity index (χ2v) is 6.08. The number of nitrogens with zero attached hydrogens (tertiary/aromatic N) is 2. The normalized spacial score (nSPS) is 22.9. The zero-order chi connectivity index (χ0) is 12.9. The Balaban J connectivity index is 2.44. The van der Waals surface area contributed by atoms with Crippen LogP contribution in [0.3, 0.4) is 0 Å². The summed E-state index contributed by atoms with van der Waals surface area (Å²) in [5.74, 6) is 0.860. The van der Waals surface area contributed by atoms with Crippen molar-refractivity contribution in [3.63, 3.8) is 0 Å². The van der Waals surface area contributed by atoms with Gasteiger partial charge in [-0.05, 0) is 59.3 Å². The summed E-state index contributed by atoms with van der Waals surface area (Å²) < 4.78 is 0. The lowest BCUT2D eigenvalue weighted by Gasteiger charge is -2.41. The molecule has 0 aliphatic carbocycles. The van der Waals surface area contributed by atoms with Crippen LogP contribution in [0, 0.1) is 5.92 Å². The summed E-state index contributed by atoms with van der Waals surface area (Å²) in [5, 5.41) is 0. The van der Waals surface area contributed by atoms with E-state index in [0.29, 0.717) is 0 Å². The Morgan fingerprint density at radius 2 is 1.94 bits per heavy atom. The highest BCUT2D eigenvalue weighted by atomic mass is 15.2. The van der Waals surface area contributed by atoms with Gasteiger partial charge >= 0.3 is 0 Å². The molecule has 0 spiro atoms. The molecule has 1 unspecified atom stereocenters. The smallest absolute Gasteiger partial charge is 0.0300 e. The van der Waals surface area contributed by atoms with Crippen molar-refractivity contribution in [3.05, 3.63) is 0 Å². The van der Waals surface area contributed by atoms with Crippen LogP contribution in [0.25, 0.3) is 0 Å². The predicted octanol–water partition coefficient (Wildman–Crippen LogP) is 1.78. The van der Waals surface area contributed by atoms with Gasteiger partial charge in [0.25, 0.3) is 0 Å². The average Bonchev–Trinajstić information content (AvgIpc) is 2.32. The molecule has 1 aliphatic heterocycles. The lowest BCUT2D eigenvalue weighted by molar-refractivity contribution is 0.0907. The van der Waals surface area contributed by atoms with Crippen molar-refractivity contribution in [2.24, 2.45) is 11.7 Å². The number of rotatable bonds is 6. The molecule has 1 rings (SSSR count). The molecular formula is C14H31N3. The van der Waals surface area contributed by atoms with E-state index < -0.39 is 0 Å². The van der Waals surface area contributed by atoms with E-state index in [9.17, 15) is 0 Å². The van der Waals surface area contributed by atoms with E-state index in [0.717, 1.165) is 12.5 Å². The van der Waals surface area contributed by atoms with Gasteiger partial charge in [-0.25, -0.2) is 0 Å². The second-order valence-electron chi connectivity index (χ2n) is 6.08. The van der Waals surface area contributed by atoms with Gasteiger partial charge in [-0.15, -0.1) is 0 Å². The number of likely N-dealkylation sites (N-methyl/N-ethyl adjacent to an activating group) is 1. The highest BCUT2D eigenvalue weighted by molar-refractivity contribution is 4.87. The summed E-state index contributed by atoms with van der Waals surface area (Å²) in [5.41, 5.74) is 6.16. The van der Waals surface area contributed by atoms with E-state index in [2.05, 4.69) is 37.7 Å². The molecule has 0 amide bonds. The quantitative estimate of drug-likeness (QED) is 0.769. The number of hydrogen-bond acceptors (Lipinski definition) is 3. The fourth-order valence-corrected chi connectivity index (χ4v) is 2.84. The molecular weight excluding hydrogens is 210 g/mol. The first-order valence-corrected chi connectivity index (χ1v) is 7.11. The van der Waals surface area contributed by atoms with Crippen LogP contribution in [-0.2, 0) is 0 Å². The standard InChI is InChI=1S/C14H31N3/c1-5-8-14(2,12-15)17(4)11-13-6-9-16(3)10-7-13/h13H,5-12,15H2,1-4H3. The molecule has 1 saturated heterocycles. The Bertz CT molecular complexity index is 212. The first kappa shape index (κ1) is 14.9. The number of likely N-dealkylation sites (tertiary alicyclic amines) is 1. The summed E-state index contributed by atoms with van der Waals surface area (Å²) in [4.78, 5) is 4.94. The summed E-state index contributed by atoms with van der Waals surface area (Å²) in [7, 11) is 4.47. The van der Waals surface area contributed by atoms with Crippen LogP contribution in [0.2, 0.25) is 0 Å². The molecule has 0 bridgehead atoms. The number of hydrogen-bond donors (Lipinski definition) is 1. The van der Waals surface area contributed by atoms with Gasteiger partial charge in [-0.2, -0.15) is 0 Å². The average molecular weight is 241 g/mol. The highest BCUT2D eigenvalue weighted by Gasteiger charge is 2.29. The van der Waals surface area contributed by atoms with Crippen molar-refractivity contribution >= 4 is 0 Å². The van der Waals surface area contributed by atoms with Crippen LogP contribution in [0.4, 0.5) is 0 Å². The molecule has 0 radical (unpaired) electrons. The first-order valence-electron chi connectivity index (χ1n) is 7.11. The lowest BCUT2D eigenvalue weighted by atomic mass is 9.90. The van der Waals surface area contributed by atoms with Crippen molar-refractivity contribution in [2.45, 2.75) is 45.1 Å². The largest absolute Gasteiger partial charge is 0.329 e. The van der Waals surface area contributed by atoms with Gasteiger partial charge in [-0.3, -0.25) is 4.90 Å². The molecule has 102 valence electrons. The third kappa shape index (κ3) is 4.23. The maximum absolute atomic E-state index is 5.97.